The molecule has 2 aromatic carbocycles. The standard InChI is InChI=1S/C19H12Cl2N4O2S/c1-27-15-13(20)8-10(9-14(15)21)7-12-16(22)25-19(23-17(12)26)28-18(24-25)11-5-3-2-4-6-11/h2-9,22H,1H3. The van der Waals surface area contributed by atoms with Gasteiger partial charge >= 0.3 is 0 Å². The minimum Gasteiger partial charge on any atom is -0.494 e. The molecule has 0 spiro atoms. The molecule has 0 saturated carbocycles. The van der Waals surface area contributed by atoms with Gasteiger partial charge in [-0.25, -0.2) is 0 Å². The summed E-state index contributed by atoms with van der Waals surface area (Å²) in [5.74, 6) is -0.225. The third-order valence-corrected chi connectivity index (χ3v) is 5.53. The predicted octanol–water partition coefficient (Wildman–Crippen LogP) is 4.67. The summed E-state index contributed by atoms with van der Waals surface area (Å²) in [6, 6.07) is 12.7. The number of hydrogen-bond acceptors (Lipinski definition) is 5. The fourth-order valence-corrected chi connectivity index (χ4v) is 4.27. The van der Waals surface area contributed by atoms with Crippen LogP contribution in [-0.2, 0) is 4.79 Å². The molecule has 9 heteroatoms. The van der Waals surface area contributed by atoms with Gasteiger partial charge in [0.1, 0.15) is 5.04 Å². The van der Waals surface area contributed by atoms with Gasteiger partial charge in [-0.05, 0) is 35.5 Å². The maximum atomic E-state index is 12.5. The third-order valence-electron chi connectivity index (χ3n) is 4.01. The van der Waals surface area contributed by atoms with Gasteiger partial charge in [0.05, 0.1) is 22.7 Å². The molecule has 2 aliphatic rings. The number of fused-ring (bicyclic) bond motifs is 1. The number of nitrogens with zero attached hydrogens (tertiary/aromatic N) is 3. The molecule has 0 saturated heterocycles. The van der Waals surface area contributed by atoms with Crippen molar-refractivity contribution in [2.45, 2.75) is 0 Å². The number of carbonyl (C=O) groups excluding carboxylic acids is 1. The molecule has 0 bridgehead atoms. The lowest BCUT2D eigenvalue weighted by Crippen LogP contribution is -2.35. The lowest BCUT2D eigenvalue weighted by Gasteiger charge is -2.20. The van der Waals surface area contributed by atoms with Gasteiger partial charge in [0.25, 0.3) is 5.91 Å². The van der Waals surface area contributed by atoms with Crippen molar-refractivity contribution in [3.63, 3.8) is 0 Å². The highest BCUT2D eigenvalue weighted by Crippen LogP contribution is 2.35. The van der Waals surface area contributed by atoms with E-state index in [-0.39, 0.29) is 11.4 Å². The molecule has 0 aromatic heterocycles. The summed E-state index contributed by atoms with van der Waals surface area (Å²) in [7, 11) is 1.47. The lowest BCUT2D eigenvalue weighted by atomic mass is 10.1. The van der Waals surface area contributed by atoms with Crippen molar-refractivity contribution in [1.82, 2.24) is 5.01 Å². The second-order valence-electron chi connectivity index (χ2n) is 5.81. The second-order valence-corrected chi connectivity index (χ2v) is 7.58. The molecule has 2 aliphatic heterocycles. The van der Waals surface area contributed by atoms with E-state index >= 15 is 0 Å². The van der Waals surface area contributed by atoms with Crippen molar-refractivity contribution in [1.29, 1.82) is 5.41 Å². The van der Waals surface area contributed by atoms with Crippen LogP contribution in [0.4, 0.5) is 0 Å². The maximum absolute atomic E-state index is 12.5. The van der Waals surface area contributed by atoms with Crippen LogP contribution in [-0.4, -0.2) is 34.1 Å². The average molecular weight is 431 g/mol. The number of benzene rings is 2. The number of methoxy groups -OCH3 is 1. The number of amides is 1. The Bertz CT molecular complexity index is 1070. The summed E-state index contributed by atoms with van der Waals surface area (Å²) in [5, 5.41) is 15.9. The SMILES string of the molecule is COc1c(Cl)cc(C=C2C(=N)N3N=C(c4ccccc4)SC3=NC2=O)cc1Cl. The minimum atomic E-state index is -0.517. The van der Waals surface area contributed by atoms with E-state index < -0.39 is 5.91 Å². The Labute approximate surface area is 175 Å². The summed E-state index contributed by atoms with van der Waals surface area (Å²) in [6.07, 6.45) is 1.52. The van der Waals surface area contributed by atoms with Crippen molar-refractivity contribution in [3.8, 4) is 5.75 Å². The third kappa shape index (κ3) is 3.32. The fraction of sp³-hybridized carbons (Fsp3) is 0.0526. The van der Waals surface area contributed by atoms with Crippen molar-refractivity contribution in [2.24, 2.45) is 10.1 Å². The smallest absolute Gasteiger partial charge is 0.283 e. The molecule has 1 N–H and O–H groups in total. The second kappa shape index (κ2) is 7.43. The van der Waals surface area contributed by atoms with Gasteiger partial charge in [-0.15, -0.1) is 0 Å². The number of thioether (sulfide) groups is 1. The Morgan fingerprint density at radius 1 is 1.18 bits per heavy atom. The first-order chi connectivity index (χ1) is 13.5. The Morgan fingerprint density at radius 2 is 1.86 bits per heavy atom. The summed E-state index contributed by atoms with van der Waals surface area (Å²) < 4.78 is 5.13. The molecule has 2 heterocycles. The largest absolute Gasteiger partial charge is 0.494 e. The van der Waals surface area contributed by atoms with E-state index in [9.17, 15) is 4.79 Å². The van der Waals surface area contributed by atoms with Gasteiger partial charge in [0.15, 0.2) is 11.6 Å². The molecule has 0 unspecified atom stereocenters. The molecular formula is C19H12Cl2N4O2S. The van der Waals surface area contributed by atoms with E-state index in [4.69, 9.17) is 33.3 Å². The zero-order valence-corrected chi connectivity index (χ0v) is 16.8. The van der Waals surface area contributed by atoms with Crippen LogP contribution in [0, 0.1) is 5.41 Å². The molecule has 4 rings (SSSR count). The van der Waals surface area contributed by atoms with Crippen molar-refractivity contribution >= 4 is 63.0 Å². The number of ether oxygens (including phenoxy) is 1. The average Bonchev–Trinajstić information content (AvgIpc) is 3.10. The first-order valence-electron chi connectivity index (χ1n) is 8.06. The minimum absolute atomic E-state index is 0.0588. The molecule has 1 amide bonds. The number of amidine groups is 2. The van der Waals surface area contributed by atoms with Crippen molar-refractivity contribution in [3.05, 3.63) is 69.2 Å². The number of rotatable bonds is 3. The molecule has 0 radical (unpaired) electrons. The zero-order valence-electron chi connectivity index (χ0n) is 14.4. The number of nitrogens with one attached hydrogen (secondary N) is 1. The van der Waals surface area contributed by atoms with Crippen LogP contribution in [0.5, 0.6) is 5.75 Å². The first-order valence-corrected chi connectivity index (χ1v) is 9.64. The number of aliphatic imine (C=N–C) groups is 1. The molecule has 0 aliphatic carbocycles. The Hall–Kier alpha value is -2.61. The van der Waals surface area contributed by atoms with Gasteiger partial charge in [-0.3, -0.25) is 10.2 Å². The highest BCUT2D eigenvalue weighted by Gasteiger charge is 2.36. The van der Waals surface area contributed by atoms with Crippen LogP contribution in [0.1, 0.15) is 11.1 Å². The highest BCUT2D eigenvalue weighted by molar-refractivity contribution is 8.27. The van der Waals surface area contributed by atoms with Crippen LogP contribution in [0.2, 0.25) is 10.0 Å². The summed E-state index contributed by atoms with van der Waals surface area (Å²) in [5.41, 5.74) is 1.55. The molecule has 2 aromatic rings. The summed E-state index contributed by atoms with van der Waals surface area (Å²) >= 11 is 13.6. The number of hydrazone groups is 1. The maximum Gasteiger partial charge on any atom is 0.283 e. The molecule has 6 nitrogen and oxygen atoms in total. The van der Waals surface area contributed by atoms with E-state index in [0.29, 0.717) is 31.6 Å². The molecule has 28 heavy (non-hydrogen) atoms. The van der Waals surface area contributed by atoms with Gasteiger partial charge in [0.2, 0.25) is 5.17 Å². The number of carbonyl (C=O) groups is 1. The molecule has 0 fully saturated rings. The zero-order chi connectivity index (χ0) is 19.8. The van der Waals surface area contributed by atoms with Crippen LogP contribution >= 0.6 is 35.0 Å². The van der Waals surface area contributed by atoms with Gasteiger partial charge in [-0.2, -0.15) is 15.1 Å². The van der Waals surface area contributed by atoms with Crippen LogP contribution in [0.15, 0.2) is 58.1 Å². The topological polar surface area (TPSA) is 78.1 Å². The Morgan fingerprint density at radius 3 is 2.50 bits per heavy atom. The van der Waals surface area contributed by atoms with E-state index in [2.05, 4.69) is 10.1 Å². The fourth-order valence-electron chi connectivity index (χ4n) is 2.71. The molecule has 140 valence electrons. The van der Waals surface area contributed by atoms with E-state index in [0.717, 1.165) is 5.56 Å². The number of halogens is 2. The first kappa shape index (κ1) is 18.7. The van der Waals surface area contributed by atoms with E-state index in [1.807, 2.05) is 30.3 Å². The Balaban J connectivity index is 1.70. The number of hydrogen-bond donors (Lipinski definition) is 1. The van der Waals surface area contributed by atoms with E-state index in [1.165, 1.54) is 30.0 Å². The van der Waals surface area contributed by atoms with Gasteiger partial charge in [0, 0.05) is 5.56 Å². The summed E-state index contributed by atoms with van der Waals surface area (Å²) in [4.78, 5) is 16.6. The summed E-state index contributed by atoms with van der Waals surface area (Å²) in [6.45, 7) is 0. The molecular weight excluding hydrogens is 419 g/mol. The van der Waals surface area contributed by atoms with Crippen LogP contribution < -0.4 is 4.74 Å². The monoisotopic (exact) mass is 430 g/mol. The Kier molecular flexibility index (Phi) is 4.97. The quantitative estimate of drug-likeness (QED) is 0.717. The predicted molar refractivity (Wildman–Crippen MR) is 114 cm³/mol. The van der Waals surface area contributed by atoms with Crippen molar-refractivity contribution < 1.29 is 9.53 Å². The van der Waals surface area contributed by atoms with Crippen LogP contribution in [0.3, 0.4) is 0 Å². The highest BCUT2D eigenvalue weighted by atomic mass is 35.5. The lowest BCUT2D eigenvalue weighted by molar-refractivity contribution is -0.114. The normalized spacial score (nSPS) is 17.5. The van der Waals surface area contributed by atoms with Crippen LogP contribution in [0.25, 0.3) is 6.08 Å². The van der Waals surface area contributed by atoms with Gasteiger partial charge in [-0.1, -0.05) is 53.5 Å². The molecule has 0 atom stereocenters. The van der Waals surface area contributed by atoms with Crippen molar-refractivity contribution in [2.75, 3.05) is 7.11 Å². The van der Waals surface area contributed by atoms with E-state index in [1.54, 1.807) is 12.1 Å². The van der Waals surface area contributed by atoms with Gasteiger partial charge < -0.3 is 4.74 Å².